The molecule has 5 nitrogen and oxygen atoms in total. The molecule has 0 aromatic carbocycles. The van der Waals surface area contributed by atoms with Gasteiger partial charge < -0.3 is 20.1 Å². The molecule has 0 bridgehead atoms. The number of hydrogen-bond donors (Lipinski definition) is 1. The molecule has 0 aromatic heterocycles. The van der Waals surface area contributed by atoms with E-state index >= 15 is 0 Å². The lowest BCUT2D eigenvalue weighted by molar-refractivity contribution is -0.145. The number of ether oxygens (including phenoxy) is 2. The molecule has 1 saturated carbocycles. The van der Waals surface area contributed by atoms with E-state index in [4.69, 9.17) is 15.2 Å². The molecule has 3 rings (SSSR count). The number of nitrogens with two attached hydrogens (primary N) is 1. The van der Waals surface area contributed by atoms with Gasteiger partial charge in [-0.25, -0.2) is 0 Å². The van der Waals surface area contributed by atoms with Crippen molar-refractivity contribution < 1.29 is 14.3 Å². The van der Waals surface area contributed by atoms with E-state index in [-0.39, 0.29) is 30.5 Å². The van der Waals surface area contributed by atoms with Crippen LogP contribution in [0.2, 0.25) is 0 Å². The first-order valence-corrected chi connectivity index (χ1v) is 8.02. The van der Waals surface area contributed by atoms with Crippen molar-refractivity contribution in [2.75, 3.05) is 26.2 Å². The third kappa shape index (κ3) is 4.55. The summed E-state index contributed by atoms with van der Waals surface area (Å²) in [6.07, 6.45) is 6.48. The second-order valence-electron chi connectivity index (χ2n) is 6.36. The van der Waals surface area contributed by atoms with Gasteiger partial charge in [0, 0.05) is 26.2 Å². The maximum absolute atomic E-state index is 12.4. The average molecular weight is 319 g/mol. The zero-order valence-corrected chi connectivity index (χ0v) is 13.4. The SMILES string of the molecule is Cl.NC[C@H]1CC[C@@H](C(=O)N2CCC(OCC3CC3)CC2)O1. The molecule has 122 valence electrons. The Balaban J connectivity index is 0.00000161. The molecule has 2 heterocycles. The molecule has 21 heavy (non-hydrogen) atoms. The average Bonchev–Trinajstić information content (AvgIpc) is 3.20. The van der Waals surface area contributed by atoms with Gasteiger partial charge in [0.25, 0.3) is 5.91 Å². The molecule has 2 N–H and O–H groups in total. The summed E-state index contributed by atoms with van der Waals surface area (Å²) in [4.78, 5) is 14.3. The highest BCUT2D eigenvalue weighted by Gasteiger charge is 2.34. The van der Waals surface area contributed by atoms with Crippen LogP contribution < -0.4 is 5.73 Å². The van der Waals surface area contributed by atoms with Gasteiger partial charge in [-0.05, 0) is 44.4 Å². The molecule has 2 aliphatic heterocycles. The number of halogens is 1. The molecule has 0 unspecified atom stereocenters. The Morgan fingerprint density at radius 3 is 2.43 bits per heavy atom. The van der Waals surface area contributed by atoms with Crippen molar-refractivity contribution in [3.63, 3.8) is 0 Å². The second kappa shape index (κ2) is 7.77. The van der Waals surface area contributed by atoms with Crippen LogP contribution >= 0.6 is 12.4 Å². The zero-order valence-electron chi connectivity index (χ0n) is 12.5. The third-order valence-electron chi connectivity index (χ3n) is 4.66. The van der Waals surface area contributed by atoms with E-state index in [1.54, 1.807) is 0 Å². The molecular weight excluding hydrogens is 292 g/mol. The maximum atomic E-state index is 12.4. The van der Waals surface area contributed by atoms with Crippen LogP contribution in [0.15, 0.2) is 0 Å². The first-order valence-electron chi connectivity index (χ1n) is 8.02. The highest BCUT2D eigenvalue weighted by atomic mass is 35.5. The van der Waals surface area contributed by atoms with Crippen LogP contribution in [0.5, 0.6) is 0 Å². The predicted octanol–water partition coefficient (Wildman–Crippen LogP) is 1.33. The van der Waals surface area contributed by atoms with E-state index in [0.29, 0.717) is 12.6 Å². The Bertz CT molecular complexity index is 344. The van der Waals surface area contributed by atoms with E-state index in [1.165, 1.54) is 12.8 Å². The van der Waals surface area contributed by atoms with Gasteiger partial charge in [-0.3, -0.25) is 4.79 Å². The highest BCUT2D eigenvalue weighted by molar-refractivity contribution is 5.85. The van der Waals surface area contributed by atoms with Crippen LogP contribution in [0.3, 0.4) is 0 Å². The summed E-state index contributed by atoms with van der Waals surface area (Å²) in [5.41, 5.74) is 5.59. The molecule has 2 atom stereocenters. The summed E-state index contributed by atoms with van der Waals surface area (Å²) in [5.74, 6) is 0.969. The molecular formula is C15H27ClN2O3. The van der Waals surface area contributed by atoms with Crippen molar-refractivity contribution in [3.8, 4) is 0 Å². The summed E-state index contributed by atoms with van der Waals surface area (Å²) >= 11 is 0. The topological polar surface area (TPSA) is 64.8 Å². The Hall–Kier alpha value is -0.360. The minimum absolute atomic E-state index is 0. The molecule has 0 radical (unpaired) electrons. The molecule has 1 amide bonds. The lowest BCUT2D eigenvalue weighted by Crippen LogP contribution is -2.45. The standard InChI is InChI=1S/C15H26N2O3.ClH/c16-9-13-3-4-14(20-13)15(18)17-7-5-12(6-8-17)19-10-11-1-2-11;/h11-14H,1-10,16H2;1H/t13-,14+;/m1./s1. The van der Waals surface area contributed by atoms with Gasteiger partial charge >= 0.3 is 0 Å². The van der Waals surface area contributed by atoms with E-state index < -0.39 is 0 Å². The number of rotatable bonds is 5. The van der Waals surface area contributed by atoms with E-state index in [9.17, 15) is 4.79 Å². The Kier molecular flexibility index (Phi) is 6.29. The van der Waals surface area contributed by atoms with Crippen LogP contribution in [0, 0.1) is 5.92 Å². The van der Waals surface area contributed by atoms with Crippen LogP contribution in [0.1, 0.15) is 38.5 Å². The van der Waals surface area contributed by atoms with Gasteiger partial charge in [-0.1, -0.05) is 0 Å². The van der Waals surface area contributed by atoms with Gasteiger partial charge in [0.1, 0.15) is 6.10 Å². The van der Waals surface area contributed by atoms with E-state index in [2.05, 4.69) is 0 Å². The summed E-state index contributed by atoms with van der Waals surface area (Å²) in [5, 5.41) is 0. The summed E-state index contributed by atoms with van der Waals surface area (Å²) < 4.78 is 11.6. The largest absolute Gasteiger partial charge is 0.378 e. The van der Waals surface area contributed by atoms with Crippen LogP contribution in [-0.4, -0.2) is 55.4 Å². The monoisotopic (exact) mass is 318 g/mol. The Morgan fingerprint density at radius 1 is 1.14 bits per heavy atom. The number of likely N-dealkylation sites (tertiary alicyclic amines) is 1. The van der Waals surface area contributed by atoms with Crippen LogP contribution in [-0.2, 0) is 14.3 Å². The molecule has 3 aliphatic rings. The van der Waals surface area contributed by atoms with E-state index in [0.717, 1.165) is 51.3 Å². The fourth-order valence-corrected chi connectivity index (χ4v) is 3.06. The second-order valence-corrected chi connectivity index (χ2v) is 6.36. The van der Waals surface area contributed by atoms with Crippen LogP contribution in [0.25, 0.3) is 0 Å². The first kappa shape index (κ1) is 17.0. The number of carbonyl (C=O) groups excluding carboxylic acids is 1. The smallest absolute Gasteiger partial charge is 0.251 e. The van der Waals surface area contributed by atoms with Crippen molar-refractivity contribution >= 4 is 18.3 Å². The molecule has 6 heteroatoms. The summed E-state index contributed by atoms with van der Waals surface area (Å²) in [7, 11) is 0. The van der Waals surface area contributed by atoms with Gasteiger partial charge in [-0.2, -0.15) is 0 Å². The lowest BCUT2D eigenvalue weighted by Gasteiger charge is -2.33. The van der Waals surface area contributed by atoms with Gasteiger partial charge in [0.2, 0.25) is 0 Å². The summed E-state index contributed by atoms with van der Waals surface area (Å²) in [6, 6.07) is 0. The van der Waals surface area contributed by atoms with Crippen molar-refractivity contribution in [1.82, 2.24) is 4.90 Å². The number of amides is 1. The molecule has 0 aromatic rings. The first-order chi connectivity index (χ1) is 9.76. The van der Waals surface area contributed by atoms with E-state index in [1.807, 2.05) is 4.90 Å². The molecule has 3 fully saturated rings. The van der Waals surface area contributed by atoms with Gasteiger partial charge in [0.05, 0.1) is 12.2 Å². The Morgan fingerprint density at radius 2 is 1.86 bits per heavy atom. The number of hydrogen-bond acceptors (Lipinski definition) is 4. The normalized spacial score (nSPS) is 30.2. The molecule has 2 saturated heterocycles. The van der Waals surface area contributed by atoms with Crippen molar-refractivity contribution in [2.45, 2.75) is 56.8 Å². The van der Waals surface area contributed by atoms with Crippen molar-refractivity contribution in [2.24, 2.45) is 11.7 Å². The molecule has 1 aliphatic carbocycles. The lowest BCUT2D eigenvalue weighted by atomic mass is 10.1. The maximum Gasteiger partial charge on any atom is 0.251 e. The van der Waals surface area contributed by atoms with Crippen LogP contribution in [0.4, 0.5) is 0 Å². The minimum Gasteiger partial charge on any atom is -0.378 e. The molecule has 0 spiro atoms. The fraction of sp³-hybridized carbons (Fsp3) is 0.933. The fourth-order valence-electron chi connectivity index (χ4n) is 3.06. The third-order valence-corrected chi connectivity index (χ3v) is 4.66. The summed E-state index contributed by atoms with van der Waals surface area (Å²) in [6.45, 7) is 3.05. The van der Waals surface area contributed by atoms with Crippen molar-refractivity contribution in [1.29, 1.82) is 0 Å². The number of nitrogens with zero attached hydrogens (tertiary/aromatic N) is 1. The van der Waals surface area contributed by atoms with Crippen molar-refractivity contribution in [3.05, 3.63) is 0 Å². The Labute approximate surface area is 132 Å². The number of carbonyl (C=O) groups is 1. The van der Waals surface area contributed by atoms with Gasteiger partial charge in [0.15, 0.2) is 0 Å². The predicted molar refractivity (Wildman–Crippen MR) is 82.5 cm³/mol. The van der Waals surface area contributed by atoms with Gasteiger partial charge in [-0.15, -0.1) is 12.4 Å². The zero-order chi connectivity index (χ0) is 13.9. The number of piperidine rings is 1. The minimum atomic E-state index is -0.257. The quantitative estimate of drug-likeness (QED) is 0.830. The highest BCUT2D eigenvalue weighted by Crippen LogP contribution is 2.30.